The van der Waals surface area contributed by atoms with Gasteiger partial charge >= 0.3 is 0 Å². The first-order chi connectivity index (χ1) is 7.25. The van der Waals surface area contributed by atoms with Crippen molar-refractivity contribution in [2.45, 2.75) is 0 Å². The van der Waals surface area contributed by atoms with Crippen molar-refractivity contribution >= 4 is 17.3 Å². The summed E-state index contributed by atoms with van der Waals surface area (Å²) in [6.45, 7) is 0. The largest absolute Gasteiger partial charge is 0.435 e. The number of ether oxygens (including phenoxy) is 1. The van der Waals surface area contributed by atoms with Crippen molar-refractivity contribution < 1.29 is 4.74 Å². The molecule has 0 aliphatic rings. The van der Waals surface area contributed by atoms with Crippen LogP contribution in [-0.4, -0.2) is 9.97 Å². The van der Waals surface area contributed by atoms with Gasteiger partial charge < -0.3 is 10.5 Å². The third-order valence-corrected chi connectivity index (χ3v) is 1.90. The van der Waals surface area contributed by atoms with Crippen LogP contribution in [0.2, 0.25) is 5.15 Å². The van der Waals surface area contributed by atoms with Gasteiger partial charge in [0.15, 0.2) is 10.9 Å². The van der Waals surface area contributed by atoms with E-state index in [1.54, 1.807) is 12.1 Å². The predicted molar refractivity (Wildman–Crippen MR) is 58.0 cm³/mol. The van der Waals surface area contributed by atoms with E-state index in [1.807, 2.05) is 12.1 Å². The molecular weight excluding hydrogens is 214 g/mol. The van der Waals surface area contributed by atoms with Crippen LogP contribution in [0.1, 0.15) is 0 Å². The molecule has 76 valence electrons. The number of nitrogen functional groups attached to an aromatic ring is 1. The SMILES string of the molecule is Nc1ccccc1Oc1cncc(Cl)n1. The summed E-state index contributed by atoms with van der Waals surface area (Å²) in [4.78, 5) is 7.78. The highest BCUT2D eigenvalue weighted by molar-refractivity contribution is 6.29. The number of benzene rings is 1. The normalized spacial score (nSPS) is 9.93. The van der Waals surface area contributed by atoms with Gasteiger partial charge in [-0.25, -0.2) is 0 Å². The van der Waals surface area contributed by atoms with Gasteiger partial charge in [-0.1, -0.05) is 23.7 Å². The third-order valence-electron chi connectivity index (χ3n) is 1.72. The van der Waals surface area contributed by atoms with Crippen LogP contribution in [0, 0.1) is 0 Å². The summed E-state index contributed by atoms with van der Waals surface area (Å²) >= 11 is 5.67. The maximum atomic E-state index is 5.70. The summed E-state index contributed by atoms with van der Waals surface area (Å²) in [6.07, 6.45) is 2.90. The van der Waals surface area contributed by atoms with E-state index in [0.29, 0.717) is 17.3 Å². The summed E-state index contributed by atoms with van der Waals surface area (Å²) in [5.41, 5.74) is 6.24. The minimum atomic E-state index is 0.280. The Morgan fingerprint density at radius 3 is 2.73 bits per heavy atom. The maximum Gasteiger partial charge on any atom is 0.239 e. The summed E-state index contributed by atoms with van der Waals surface area (Å²) in [7, 11) is 0. The second-order valence-corrected chi connectivity index (χ2v) is 3.21. The quantitative estimate of drug-likeness (QED) is 0.792. The molecule has 0 spiro atoms. The smallest absolute Gasteiger partial charge is 0.239 e. The Kier molecular flexibility index (Phi) is 2.69. The molecule has 0 radical (unpaired) electrons. The second kappa shape index (κ2) is 4.14. The minimum absolute atomic E-state index is 0.280. The highest BCUT2D eigenvalue weighted by atomic mass is 35.5. The third kappa shape index (κ3) is 2.35. The molecule has 4 nitrogen and oxygen atoms in total. The Hall–Kier alpha value is -1.81. The van der Waals surface area contributed by atoms with E-state index in [0.717, 1.165) is 0 Å². The molecule has 0 saturated heterocycles. The van der Waals surface area contributed by atoms with E-state index in [1.165, 1.54) is 12.4 Å². The minimum Gasteiger partial charge on any atom is -0.435 e. The van der Waals surface area contributed by atoms with Crippen molar-refractivity contribution in [2.75, 3.05) is 5.73 Å². The Balaban J connectivity index is 2.26. The molecule has 5 heteroatoms. The molecule has 1 aromatic heterocycles. The van der Waals surface area contributed by atoms with Gasteiger partial charge in [0.1, 0.15) is 0 Å². The highest BCUT2D eigenvalue weighted by Crippen LogP contribution is 2.25. The number of nitrogens with two attached hydrogens (primary N) is 1. The Labute approximate surface area is 91.7 Å². The van der Waals surface area contributed by atoms with Crippen molar-refractivity contribution in [3.05, 3.63) is 41.8 Å². The highest BCUT2D eigenvalue weighted by Gasteiger charge is 2.02. The molecular formula is C10H8ClN3O. The van der Waals surface area contributed by atoms with E-state index in [9.17, 15) is 0 Å². The summed E-state index contributed by atoms with van der Waals surface area (Å²) in [6, 6.07) is 7.14. The van der Waals surface area contributed by atoms with Crippen molar-refractivity contribution in [1.82, 2.24) is 9.97 Å². The topological polar surface area (TPSA) is 61.0 Å². The average molecular weight is 222 g/mol. The number of rotatable bonds is 2. The van der Waals surface area contributed by atoms with E-state index in [-0.39, 0.29) is 5.15 Å². The summed E-state index contributed by atoms with van der Waals surface area (Å²) < 4.78 is 5.41. The van der Waals surface area contributed by atoms with E-state index >= 15 is 0 Å². The number of halogens is 1. The zero-order valence-corrected chi connectivity index (χ0v) is 8.48. The van der Waals surface area contributed by atoms with Gasteiger partial charge in [-0.05, 0) is 12.1 Å². The zero-order valence-electron chi connectivity index (χ0n) is 7.72. The fraction of sp³-hybridized carbons (Fsp3) is 0. The van der Waals surface area contributed by atoms with E-state index < -0.39 is 0 Å². The van der Waals surface area contributed by atoms with E-state index in [2.05, 4.69) is 9.97 Å². The number of para-hydroxylation sites is 2. The van der Waals surface area contributed by atoms with Crippen molar-refractivity contribution in [3.63, 3.8) is 0 Å². The fourth-order valence-electron chi connectivity index (χ4n) is 1.06. The molecule has 0 fully saturated rings. The standard InChI is InChI=1S/C10H8ClN3O/c11-9-5-13-6-10(14-9)15-8-4-2-1-3-7(8)12/h1-6H,12H2. The Morgan fingerprint density at radius 2 is 2.00 bits per heavy atom. The summed E-state index contributed by atoms with van der Waals surface area (Å²) in [5, 5.41) is 0.280. The number of anilines is 1. The van der Waals surface area contributed by atoms with Gasteiger partial charge in [0.25, 0.3) is 0 Å². The van der Waals surface area contributed by atoms with Crippen LogP contribution in [0.3, 0.4) is 0 Å². The first-order valence-corrected chi connectivity index (χ1v) is 4.63. The lowest BCUT2D eigenvalue weighted by molar-refractivity contribution is 0.462. The van der Waals surface area contributed by atoms with Crippen LogP contribution < -0.4 is 10.5 Å². The van der Waals surface area contributed by atoms with E-state index in [4.69, 9.17) is 22.1 Å². The van der Waals surface area contributed by atoms with Gasteiger partial charge in [0, 0.05) is 0 Å². The molecule has 0 atom stereocenters. The summed E-state index contributed by atoms with van der Waals surface area (Å²) in [5.74, 6) is 0.856. The number of hydrogen-bond donors (Lipinski definition) is 1. The van der Waals surface area contributed by atoms with Crippen LogP contribution in [0.15, 0.2) is 36.7 Å². The molecule has 0 saturated carbocycles. The van der Waals surface area contributed by atoms with Gasteiger partial charge in [0.2, 0.25) is 5.88 Å². The lowest BCUT2D eigenvalue weighted by atomic mass is 10.3. The van der Waals surface area contributed by atoms with Crippen molar-refractivity contribution in [3.8, 4) is 11.6 Å². The van der Waals surface area contributed by atoms with Crippen LogP contribution in [0.4, 0.5) is 5.69 Å². The molecule has 0 aliphatic heterocycles. The molecule has 0 bridgehead atoms. The van der Waals surface area contributed by atoms with Crippen LogP contribution in [0.25, 0.3) is 0 Å². The first kappa shape index (κ1) is 9.73. The van der Waals surface area contributed by atoms with Crippen LogP contribution in [0.5, 0.6) is 11.6 Å². The lowest BCUT2D eigenvalue weighted by Crippen LogP contribution is -1.93. The van der Waals surface area contributed by atoms with Gasteiger partial charge in [-0.3, -0.25) is 4.98 Å². The number of nitrogens with zero attached hydrogens (tertiary/aromatic N) is 2. The molecule has 2 aromatic rings. The fourth-order valence-corrected chi connectivity index (χ4v) is 1.20. The number of hydrogen-bond acceptors (Lipinski definition) is 4. The molecule has 2 N–H and O–H groups in total. The Bertz CT molecular complexity index is 476. The van der Waals surface area contributed by atoms with Gasteiger partial charge in [-0.15, -0.1) is 0 Å². The maximum absolute atomic E-state index is 5.70. The predicted octanol–water partition coefficient (Wildman–Crippen LogP) is 2.50. The zero-order chi connectivity index (χ0) is 10.7. The van der Waals surface area contributed by atoms with Crippen LogP contribution >= 0.6 is 11.6 Å². The molecule has 15 heavy (non-hydrogen) atoms. The first-order valence-electron chi connectivity index (χ1n) is 4.25. The van der Waals surface area contributed by atoms with Gasteiger partial charge in [0.05, 0.1) is 18.1 Å². The van der Waals surface area contributed by atoms with Gasteiger partial charge in [-0.2, -0.15) is 4.98 Å². The Morgan fingerprint density at radius 1 is 1.20 bits per heavy atom. The molecule has 0 unspecified atom stereocenters. The molecule has 0 amide bonds. The van der Waals surface area contributed by atoms with Crippen molar-refractivity contribution in [2.24, 2.45) is 0 Å². The van der Waals surface area contributed by atoms with Crippen molar-refractivity contribution in [1.29, 1.82) is 0 Å². The molecule has 0 aliphatic carbocycles. The van der Waals surface area contributed by atoms with Crippen LogP contribution in [-0.2, 0) is 0 Å². The average Bonchev–Trinajstić information content (AvgIpc) is 2.22. The lowest BCUT2D eigenvalue weighted by Gasteiger charge is -2.06. The monoisotopic (exact) mass is 221 g/mol. The molecule has 1 aromatic carbocycles. The second-order valence-electron chi connectivity index (χ2n) is 2.82. The molecule has 1 heterocycles. The molecule has 2 rings (SSSR count). The number of aromatic nitrogens is 2.